The van der Waals surface area contributed by atoms with Gasteiger partial charge in [-0.05, 0) is 62.4 Å². The van der Waals surface area contributed by atoms with Crippen molar-refractivity contribution in [2.24, 2.45) is 0 Å². The van der Waals surface area contributed by atoms with Crippen LogP contribution >= 0.6 is 0 Å². The fourth-order valence-corrected chi connectivity index (χ4v) is 2.99. The van der Waals surface area contributed by atoms with Gasteiger partial charge in [-0.3, -0.25) is 4.79 Å². The minimum atomic E-state index is -0.169. The molecule has 4 aromatic rings. The van der Waals surface area contributed by atoms with Gasteiger partial charge in [0, 0.05) is 16.8 Å². The van der Waals surface area contributed by atoms with Gasteiger partial charge in [-0.1, -0.05) is 24.3 Å². The lowest BCUT2D eigenvalue weighted by Gasteiger charge is -2.10. The largest absolute Gasteiger partial charge is 0.491 e. The Balaban J connectivity index is 1.52. The number of hydrogen-bond acceptors (Lipinski definition) is 3. The van der Waals surface area contributed by atoms with Gasteiger partial charge in [0.15, 0.2) is 0 Å². The van der Waals surface area contributed by atoms with Crippen molar-refractivity contribution in [1.82, 2.24) is 9.97 Å². The van der Waals surface area contributed by atoms with Crippen LogP contribution in [0.1, 0.15) is 24.2 Å². The Hall–Kier alpha value is -3.60. The maximum Gasteiger partial charge on any atom is 0.255 e. The normalized spacial score (nSPS) is 11.0. The summed E-state index contributed by atoms with van der Waals surface area (Å²) in [5.74, 6) is 1.35. The molecule has 0 spiro atoms. The number of carbonyl (C=O) groups excluding carboxylic acids is 1. The molecule has 0 radical (unpaired) electrons. The van der Waals surface area contributed by atoms with Crippen molar-refractivity contribution in [2.45, 2.75) is 20.0 Å². The van der Waals surface area contributed by atoms with E-state index in [1.165, 1.54) is 0 Å². The molecule has 0 fully saturated rings. The Morgan fingerprint density at radius 1 is 1.00 bits per heavy atom. The summed E-state index contributed by atoms with van der Waals surface area (Å²) in [5, 5.41) is 2.94. The second kappa shape index (κ2) is 7.56. The van der Waals surface area contributed by atoms with Gasteiger partial charge >= 0.3 is 0 Å². The molecule has 0 saturated heterocycles. The highest BCUT2D eigenvalue weighted by Gasteiger charge is 2.09. The van der Waals surface area contributed by atoms with E-state index in [0.717, 1.165) is 28.2 Å². The fraction of sp³-hybridized carbons (Fsp3) is 0.130. The third kappa shape index (κ3) is 3.88. The number of ether oxygens (including phenoxy) is 1. The standard InChI is InChI=1S/C23H21N3O2/c1-15(2)28-19-12-10-16(11-13-19)23(27)24-18-7-5-6-17(14-18)22-25-20-8-3-4-9-21(20)26-22/h3-15H,1-2H3,(H,24,27)(H,25,26). The van der Waals surface area contributed by atoms with Crippen molar-refractivity contribution in [2.75, 3.05) is 5.32 Å². The number of hydrogen-bond donors (Lipinski definition) is 2. The molecule has 5 heteroatoms. The molecule has 5 nitrogen and oxygen atoms in total. The number of fused-ring (bicyclic) bond motifs is 1. The predicted molar refractivity (Wildman–Crippen MR) is 112 cm³/mol. The molecule has 28 heavy (non-hydrogen) atoms. The van der Waals surface area contributed by atoms with Gasteiger partial charge in [-0.2, -0.15) is 0 Å². The molecule has 1 amide bonds. The lowest BCUT2D eigenvalue weighted by atomic mass is 10.1. The summed E-state index contributed by atoms with van der Waals surface area (Å²) in [7, 11) is 0. The van der Waals surface area contributed by atoms with Crippen LogP contribution in [0.3, 0.4) is 0 Å². The number of aromatic nitrogens is 2. The van der Waals surface area contributed by atoms with E-state index in [0.29, 0.717) is 11.3 Å². The smallest absolute Gasteiger partial charge is 0.255 e. The number of rotatable bonds is 5. The van der Waals surface area contributed by atoms with Crippen molar-refractivity contribution in [3.05, 3.63) is 78.4 Å². The number of amides is 1. The Labute approximate surface area is 163 Å². The number of imidazole rings is 1. The highest BCUT2D eigenvalue weighted by molar-refractivity contribution is 6.04. The average Bonchev–Trinajstić information content (AvgIpc) is 3.12. The first-order valence-electron chi connectivity index (χ1n) is 9.22. The number of nitrogens with one attached hydrogen (secondary N) is 2. The van der Waals surface area contributed by atoms with E-state index in [9.17, 15) is 4.79 Å². The minimum absolute atomic E-state index is 0.0978. The molecule has 0 aliphatic rings. The number of para-hydroxylation sites is 2. The number of benzene rings is 3. The predicted octanol–water partition coefficient (Wildman–Crippen LogP) is 5.27. The van der Waals surface area contributed by atoms with Crippen LogP contribution in [0.4, 0.5) is 5.69 Å². The quantitative estimate of drug-likeness (QED) is 0.502. The molecule has 140 valence electrons. The van der Waals surface area contributed by atoms with Gasteiger partial charge < -0.3 is 15.0 Å². The second-order valence-corrected chi connectivity index (χ2v) is 6.83. The molecule has 0 aliphatic heterocycles. The van der Waals surface area contributed by atoms with Crippen LogP contribution in [-0.4, -0.2) is 22.0 Å². The van der Waals surface area contributed by atoms with E-state index in [-0.39, 0.29) is 12.0 Å². The fourth-order valence-electron chi connectivity index (χ4n) is 2.99. The lowest BCUT2D eigenvalue weighted by Crippen LogP contribution is -2.12. The topological polar surface area (TPSA) is 67.0 Å². The summed E-state index contributed by atoms with van der Waals surface area (Å²) in [6.45, 7) is 3.94. The van der Waals surface area contributed by atoms with Crippen molar-refractivity contribution in [3.63, 3.8) is 0 Å². The van der Waals surface area contributed by atoms with Gasteiger partial charge in [-0.15, -0.1) is 0 Å². The first kappa shape index (κ1) is 17.8. The van der Waals surface area contributed by atoms with E-state index in [1.54, 1.807) is 24.3 Å². The van der Waals surface area contributed by atoms with Gasteiger partial charge in [0.05, 0.1) is 17.1 Å². The van der Waals surface area contributed by atoms with Gasteiger partial charge in [-0.25, -0.2) is 4.98 Å². The van der Waals surface area contributed by atoms with Crippen molar-refractivity contribution in [3.8, 4) is 17.1 Å². The average molecular weight is 371 g/mol. The molecule has 0 unspecified atom stereocenters. The maximum absolute atomic E-state index is 12.6. The molecule has 4 rings (SSSR count). The molecule has 0 atom stereocenters. The van der Waals surface area contributed by atoms with Crippen LogP contribution in [0.5, 0.6) is 5.75 Å². The van der Waals surface area contributed by atoms with E-state index in [4.69, 9.17) is 4.74 Å². The summed E-state index contributed by atoms with van der Waals surface area (Å²) >= 11 is 0. The lowest BCUT2D eigenvalue weighted by molar-refractivity contribution is 0.102. The Kier molecular flexibility index (Phi) is 4.81. The monoisotopic (exact) mass is 371 g/mol. The molecule has 1 heterocycles. The summed E-state index contributed by atoms with van der Waals surface area (Å²) in [6.07, 6.45) is 0.0978. The van der Waals surface area contributed by atoms with Crippen LogP contribution < -0.4 is 10.1 Å². The van der Waals surface area contributed by atoms with Gasteiger partial charge in [0.2, 0.25) is 0 Å². The van der Waals surface area contributed by atoms with Crippen molar-refractivity contribution < 1.29 is 9.53 Å². The molecule has 0 bridgehead atoms. The van der Waals surface area contributed by atoms with Crippen molar-refractivity contribution >= 4 is 22.6 Å². The SMILES string of the molecule is CC(C)Oc1ccc(C(=O)Nc2cccc(-c3nc4ccccc4[nH]3)c2)cc1. The molecule has 0 saturated carbocycles. The van der Waals surface area contributed by atoms with E-state index in [1.807, 2.05) is 62.4 Å². The highest BCUT2D eigenvalue weighted by atomic mass is 16.5. The second-order valence-electron chi connectivity index (χ2n) is 6.83. The van der Waals surface area contributed by atoms with E-state index in [2.05, 4.69) is 15.3 Å². The van der Waals surface area contributed by atoms with Crippen LogP contribution in [0, 0.1) is 0 Å². The molecular weight excluding hydrogens is 350 g/mol. The Bertz CT molecular complexity index is 1080. The zero-order chi connectivity index (χ0) is 19.5. The third-order valence-corrected chi connectivity index (χ3v) is 4.27. The van der Waals surface area contributed by atoms with Crippen molar-refractivity contribution in [1.29, 1.82) is 0 Å². The van der Waals surface area contributed by atoms with Gasteiger partial charge in [0.1, 0.15) is 11.6 Å². The Morgan fingerprint density at radius 3 is 2.54 bits per heavy atom. The third-order valence-electron chi connectivity index (χ3n) is 4.27. The summed E-state index contributed by atoms with van der Waals surface area (Å²) in [6, 6.07) is 22.7. The molecule has 3 aromatic carbocycles. The van der Waals surface area contributed by atoms with Crippen LogP contribution in [0.2, 0.25) is 0 Å². The first-order chi connectivity index (χ1) is 13.6. The van der Waals surface area contributed by atoms with Crippen LogP contribution in [0.25, 0.3) is 22.4 Å². The molecule has 2 N–H and O–H groups in total. The molecule has 1 aromatic heterocycles. The number of carbonyl (C=O) groups is 1. The summed E-state index contributed by atoms with van der Waals surface area (Å²) in [5.41, 5.74) is 4.09. The van der Waals surface area contributed by atoms with Crippen LogP contribution in [0.15, 0.2) is 72.8 Å². The molecule has 0 aliphatic carbocycles. The molecular formula is C23H21N3O2. The summed E-state index contributed by atoms with van der Waals surface area (Å²) < 4.78 is 5.61. The number of nitrogens with zero attached hydrogens (tertiary/aromatic N) is 1. The highest BCUT2D eigenvalue weighted by Crippen LogP contribution is 2.23. The maximum atomic E-state index is 12.6. The van der Waals surface area contributed by atoms with E-state index >= 15 is 0 Å². The number of anilines is 1. The first-order valence-corrected chi connectivity index (χ1v) is 9.22. The van der Waals surface area contributed by atoms with Crippen LogP contribution in [-0.2, 0) is 0 Å². The minimum Gasteiger partial charge on any atom is -0.491 e. The zero-order valence-electron chi connectivity index (χ0n) is 15.8. The Morgan fingerprint density at radius 2 is 1.79 bits per heavy atom. The van der Waals surface area contributed by atoms with E-state index < -0.39 is 0 Å². The number of H-pyrrole nitrogens is 1. The summed E-state index contributed by atoms with van der Waals surface area (Å²) in [4.78, 5) is 20.5. The zero-order valence-corrected chi connectivity index (χ0v) is 15.8. The number of aromatic amines is 1. The van der Waals surface area contributed by atoms with Gasteiger partial charge in [0.25, 0.3) is 5.91 Å².